The van der Waals surface area contributed by atoms with Crippen molar-refractivity contribution in [3.63, 3.8) is 0 Å². The molecule has 0 spiro atoms. The number of hydrogen-bond acceptors (Lipinski definition) is 3. The minimum absolute atomic E-state index is 0.0660. The normalized spacial score (nSPS) is 13.8. The Labute approximate surface area is 182 Å². The van der Waals surface area contributed by atoms with Gasteiger partial charge in [-0.05, 0) is 36.0 Å². The van der Waals surface area contributed by atoms with Crippen LogP contribution in [0.1, 0.15) is 45.2 Å². The molecule has 2 N–H and O–H groups in total. The van der Waals surface area contributed by atoms with Crippen molar-refractivity contribution in [2.75, 3.05) is 11.9 Å². The average Bonchev–Trinajstić information content (AvgIpc) is 3.52. The van der Waals surface area contributed by atoms with Crippen molar-refractivity contribution in [1.82, 2.24) is 19.7 Å². The van der Waals surface area contributed by atoms with Crippen molar-refractivity contribution in [3.05, 3.63) is 70.6 Å². The molecule has 1 aromatic heterocycles. The van der Waals surface area contributed by atoms with E-state index in [0.29, 0.717) is 18.9 Å². The minimum Gasteiger partial charge on any atom is -0.336 e. The van der Waals surface area contributed by atoms with Gasteiger partial charge in [0.25, 0.3) is 0 Å². The van der Waals surface area contributed by atoms with Gasteiger partial charge in [-0.1, -0.05) is 63.2 Å². The molecule has 0 saturated heterocycles. The van der Waals surface area contributed by atoms with Gasteiger partial charge in [0.1, 0.15) is 0 Å². The van der Waals surface area contributed by atoms with Crippen LogP contribution in [0.25, 0.3) is 11.4 Å². The number of nitrogens with zero attached hydrogens (tertiary/aromatic N) is 3. The van der Waals surface area contributed by atoms with Gasteiger partial charge in [0, 0.05) is 23.8 Å². The van der Waals surface area contributed by atoms with E-state index in [1.807, 2.05) is 54.6 Å². The third-order valence-corrected chi connectivity index (χ3v) is 5.43. The number of benzene rings is 2. The summed E-state index contributed by atoms with van der Waals surface area (Å²) in [5.41, 5.74) is 2.80. The number of hydrogen-bond donors (Lipinski definition) is 2. The molecule has 1 aliphatic rings. The van der Waals surface area contributed by atoms with E-state index in [2.05, 4.69) is 36.5 Å². The average molecular weight is 420 g/mol. The number of anilines is 1. The lowest BCUT2D eigenvalue weighted by atomic mass is 9.87. The molecule has 2 amide bonds. The largest absolute Gasteiger partial charge is 0.346 e. The first kappa shape index (κ1) is 20.9. The summed E-state index contributed by atoms with van der Waals surface area (Å²) in [5.74, 6) is 0.691. The van der Waals surface area contributed by atoms with Crippen LogP contribution in [0.2, 0.25) is 0 Å². The molecule has 0 radical (unpaired) electrons. The third kappa shape index (κ3) is 4.87. The van der Waals surface area contributed by atoms with Crippen molar-refractivity contribution in [3.8, 4) is 11.4 Å². The fraction of sp³-hybridized carbons (Fsp3) is 0.375. The van der Waals surface area contributed by atoms with E-state index in [1.165, 1.54) is 10.2 Å². The van der Waals surface area contributed by atoms with Crippen molar-refractivity contribution in [2.24, 2.45) is 0 Å². The van der Waals surface area contributed by atoms with Gasteiger partial charge in [-0.15, -0.1) is 5.10 Å². The SMILES string of the molecule is CC(C)(C)c1ccc(NC(=O)NCCn2nc(-c3ccccc3)n(C3CC3)c2=O)cc1. The minimum atomic E-state index is -0.304. The van der Waals surface area contributed by atoms with Gasteiger partial charge in [0.15, 0.2) is 5.82 Å². The number of carbonyl (C=O) groups is 1. The van der Waals surface area contributed by atoms with Gasteiger partial charge in [-0.2, -0.15) is 0 Å². The number of carbonyl (C=O) groups excluding carboxylic acids is 1. The van der Waals surface area contributed by atoms with Gasteiger partial charge in [-0.3, -0.25) is 4.57 Å². The van der Waals surface area contributed by atoms with E-state index in [9.17, 15) is 9.59 Å². The Balaban J connectivity index is 1.37. The Morgan fingerprint density at radius 1 is 1.06 bits per heavy atom. The van der Waals surface area contributed by atoms with Gasteiger partial charge in [-0.25, -0.2) is 14.3 Å². The fourth-order valence-corrected chi connectivity index (χ4v) is 3.52. The van der Waals surface area contributed by atoms with Gasteiger partial charge < -0.3 is 10.6 Å². The highest BCUT2D eigenvalue weighted by atomic mass is 16.2. The molecule has 4 rings (SSSR count). The topological polar surface area (TPSA) is 81.0 Å². The predicted octanol–water partition coefficient (Wildman–Crippen LogP) is 4.17. The highest BCUT2D eigenvalue weighted by molar-refractivity contribution is 5.89. The summed E-state index contributed by atoms with van der Waals surface area (Å²) < 4.78 is 3.23. The number of urea groups is 1. The van der Waals surface area contributed by atoms with E-state index in [4.69, 9.17) is 0 Å². The molecule has 162 valence electrons. The van der Waals surface area contributed by atoms with Crippen molar-refractivity contribution < 1.29 is 4.79 Å². The number of amides is 2. The molecular weight excluding hydrogens is 390 g/mol. The highest BCUT2D eigenvalue weighted by Crippen LogP contribution is 2.36. The molecule has 31 heavy (non-hydrogen) atoms. The zero-order valence-electron chi connectivity index (χ0n) is 18.3. The van der Waals surface area contributed by atoms with E-state index in [1.54, 1.807) is 4.57 Å². The summed E-state index contributed by atoms with van der Waals surface area (Å²) in [6.07, 6.45) is 2.00. The molecule has 7 nitrogen and oxygen atoms in total. The second-order valence-electron chi connectivity index (χ2n) is 9.00. The zero-order chi connectivity index (χ0) is 22.0. The summed E-state index contributed by atoms with van der Waals surface area (Å²) in [5, 5.41) is 10.2. The highest BCUT2D eigenvalue weighted by Gasteiger charge is 2.30. The van der Waals surface area contributed by atoms with E-state index in [0.717, 1.165) is 24.1 Å². The maximum absolute atomic E-state index is 12.9. The van der Waals surface area contributed by atoms with Crippen LogP contribution in [-0.2, 0) is 12.0 Å². The second-order valence-corrected chi connectivity index (χ2v) is 9.00. The van der Waals surface area contributed by atoms with Crippen molar-refractivity contribution in [2.45, 2.75) is 51.6 Å². The lowest BCUT2D eigenvalue weighted by molar-refractivity contribution is 0.251. The van der Waals surface area contributed by atoms with Gasteiger partial charge in [0.05, 0.1) is 6.54 Å². The van der Waals surface area contributed by atoms with Crippen LogP contribution in [0, 0.1) is 0 Å². The lowest BCUT2D eigenvalue weighted by Crippen LogP contribution is -2.34. The molecule has 1 aliphatic carbocycles. The molecule has 7 heteroatoms. The second kappa shape index (κ2) is 8.41. The van der Waals surface area contributed by atoms with Crippen LogP contribution in [0.15, 0.2) is 59.4 Å². The maximum Gasteiger partial charge on any atom is 0.346 e. The van der Waals surface area contributed by atoms with Gasteiger partial charge >= 0.3 is 11.7 Å². The molecule has 0 bridgehead atoms. The predicted molar refractivity (Wildman–Crippen MR) is 122 cm³/mol. The zero-order valence-corrected chi connectivity index (χ0v) is 18.3. The molecular formula is C24H29N5O2. The monoisotopic (exact) mass is 419 g/mol. The molecule has 0 unspecified atom stereocenters. The number of aromatic nitrogens is 3. The Hall–Kier alpha value is -3.35. The van der Waals surface area contributed by atoms with Gasteiger partial charge in [0.2, 0.25) is 0 Å². The molecule has 0 atom stereocenters. The smallest absolute Gasteiger partial charge is 0.336 e. The van der Waals surface area contributed by atoms with E-state index >= 15 is 0 Å². The first-order valence-electron chi connectivity index (χ1n) is 10.7. The standard InChI is InChI=1S/C24H29N5O2/c1-24(2,3)18-9-11-19(12-10-18)26-22(30)25-15-16-28-23(31)29(20-13-14-20)21(27-28)17-7-5-4-6-8-17/h4-12,20H,13-16H2,1-3H3,(H2,25,26,30). The molecule has 1 saturated carbocycles. The van der Waals surface area contributed by atoms with Crippen LogP contribution in [0.5, 0.6) is 0 Å². The summed E-state index contributed by atoms with van der Waals surface area (Å²) in [7, 11) is 0. The Morgan fingerprint density at radius 2 is 1.74 bits per heavy atom. The first-order valence-corrected chi connectivity index (χ1v) is 10.7. The molecule has 2 aromatic carbocycles. The number of rotatable bonds is 6. The maximum atomic E-state index is 12.9. The fourth-order valence-electron chi connectivity index (χ4n) is 3.52. The first-order chi connectivity index (χ1) is 14.8. The quantitative estimate of drug-likeness (QED) is 0.629. The van der Waals surface area contributed by atoms with E-state index < -0.39 is 0 Å². The third-order valence-electron chi connectivity index (χ3n) is 5.43. The van der Waals surface area contributed by atoms with Crippen LogP contribution in [0.4, 0.5) is 10.5 Å². The molecule has 3 aromatic rings. The molecule has 1 heterocycles. The van der Waals surface area contributed by atoms with Crippen LogP contribution in [-0.4, -0.2) is 26.9 Å². The van der Waals surface area contributed by atoms with Crippen molar-refractivity contribution in [1.29, 1.82) is 0 Å². The molecule has 1 fully saturated rings. The van der Waals surface area contributed by atoms with E-state index in [-0.39, 0.29) is 23.2 Å². The summed E-state index contributed by atoms with van der Waals surface area (Å²) in [6.45, 7) is 7.07. The van der Waals surface area contributed by atoms with Crippen molar-refractivity contribution >= 4 is 11.7 Å². The Bertz CT molecular complexity index is 1100. The Morgan fingerprint density at radius 3 is 2.35 bits per heavy atom. The summed E-state index contributed by atoms with van der Waals surface area (Å²) in [6, 6.07) is 17.5. The summed E-state index contributed by atoms with van der Waals surface area (Å²) in [4.78, 5) is 25.1. The number of nitrogens with one attached hydrogen (secondary N) is 2. The summed E-state index contributed by atoms with van der Waals surface area (Å²) >= 11 is 0. The lowest BCUT2D eigenvalue weighted by Gasteiger charge is -2.19. The molecule has 0 aliphatic heterocycles. The van der Waals surface area contributed by atoms with Crippen LogP contribution < -0.4 is 16.3 Å². The van der Waals surface area contributed by atoms with Crippen LogP contribution >= 0.6 is 0 Å². The Kier molecular flexibility index (Phi) is 5.67. The van der Waals surface area contributed by atoms with Crippen LogP contribution in [0.3, 0.4) is 0 Å².